The first kappa shape index (κ1) is 24.5. The fourth-order valence-electron chi connectivity index (χ4n) is 4.06. The van der Waals surface area contributed by atoms with Crippen LogP contribution in [-0.4, -0.2) is 40.5 Å². The summed E-state index contributed by atoms with van der Waals surface area (Å²) in [6.07, 6.45) is -5.47. The zero-order valence-electron chi connectivity index (χ0n) is 17.9. The Labute approximate surface area is 202 Å². The highest BCUT2D eigenvalue weighted by Gasteiger charge is 2.53. The van der Waals surface area contributed by atoms with Gasteiger partial charge in [0.1, 0.15) is 23.0 Å². The van der Waals surface area contributed by atoms with Crippen LogP contribution >= 0.6 is 24.4 Å². The maximum atomic E-state index is 15.1. The predicted octanol–water partition coefficient (Wildman–Crippen LogP) is 4.41. The number of nitriles is 1. The van der Waals surface area contributed by atoms with Crippen LogP contribution in [0.3, 0.4) is 0 Å². The van der Waals surface area contributed by atoms with Gasteiger partial charge in [0.15, 0.2) is 11.3 Å². The zero-order valence-corrected chi connectivity index (χ0v) is 19.6. The van der Waals surface area contributed by atoms with Gasteiger partial charge in [-0.15, -0.1) is 24.4 Å². The largest absolute Gasteiger partial charge is 0.486 e. The molecule has 2 heterocycles. The van der Waals surface area contributed by atoms with Crippen molar-refractivity contribution in [2.45, 2.75) is 42.1 Å². The number of benzene rings is 2. The van der Waals surface area contributed by atoms with Crippen LogP contribution in [0.5, 0.6) is 5.75 Å². The summed E-state index contributed by atoms with van der Waals surface area (Å²) in [6, 6.07) is 8.26. The molecule has 2 aliphatic rings. The normalized spacial score (nSPS) is 21.8. The molecule has 34 heavy (non-hydrogen) atoms. The maximum Gasteiger partial charge on any atom is 0.420 e. The number of fused-ring (bicyclic) bond motifs is 1. The van der Waals surface area contributed by atoms with Crippen molar-refractivity contribution >= 4 is 41.7 Å². The number of thiol groups is 1. The fourth-order valence-corrected chi connectivity index (χ4v) is 5.71. The van der Waals surface area contributed by atoms with Crippen LogP contribution in [0.2, 0.25) is 0 Å². The zero-order chi connectivity index (χ0) is 25.0. The maximum absolute atomic E-state index is 15.1. The van der Waals surface area contributed by atoms with E-state index in [2.05, 4.69) is 12.6 Å². The summed E-state index contributed by atoms with van der Waals surface area (Å²) in [7, 11) is 0. The van der Waals surface area contributed by atoms with Gasteiger partial charge < -0.3 is 14.7 Å². The second kappa shape index (κ2) is 8.55. The van der Waals surface area contributed by atoms with Gasteiger partial charge in [0.05, 0.1) is 28.8 Å². The molecule has 180 valence electrons. The molecule has 0 aliphatic carbocycles. The van der Waals surface area contributed by atoms with Crippen molar-refractivity contribution in [3.8, 4) is 11.8 Å². The van der Waals surface area contributed by atoms with Crippen molar-refractivity contribution in [3.05, 3.63) is 47.3 Å². The molecule has 1 fully saturated rings. The summed E-state index contributed by atoms with van der Waals surface area (Å²) in [5.74, 6) is -1.29. The van der Waals surface area contributed by atoms with Crippen molar-refractivity contribution in [1.82, 2.24) is 0 Å². The molecule has 6 nitrogen and oxygen atoms in total. The minimum atomic E-state index is -5.13. The van der Waals surface area contributed by atoms with Gasteiger partial charge in [-0.2, -0.15) is 18.4 Å². The molecule has 1 saturated heterocycles. The first-order valence-corrected chi connectivity index (χ1v) is 11.6. The Hall–Kier alpha value is -2.62. The SMILES string of the molecule is CC1(C)C(=O)N(c2ccc(C#N)c(C(F)(F)F)c2F)C(S)N1c1ccc2c(c1)SC[C@H](CO)O2. The summed E-state index contributed by atoms with van der Waals surface area (Å²) in [4.78, 5) is 16.5. The number of aliphatic hydroxyl groups is 1. The van der Waals surface area contributed by atoms with E-state index in [0.717, 1.165) is 21.9 Å². The number of ether oxygens (including phenoxy) is 1. The molecule has 1 N–H and O–H groups in total. The highest BCUT2D eigenvalue weighted by Crippen LogP contribution is 2.46. The fraction of sp³-hybridized carbons (Fsp3) is 0.364. The first-order valence-electron chi connectivity index (χ1n) is 10.1. The molecule has 2 atom stereocenters. The number of rotatable bonds is 3. The third kappa shape index (κ3) is 3.85. The Morgan fingerprint density at radius 2 is 2.03 bits per heavy atom. The molecule has 0 spiro atoms. The Morgan fingerprint density at radius 3 is 2.65 bits per heavy atom. The van der Waals surface area contributed by atoms with E-state index in [9.17, 15) is 23.1 Å². The Balaban J connectivity index is 1.77. The monoisotopic (exact) mass is 513 g/mol. The summed E-state index contributed by atoms with van der Waals surface area (Å²) in [5, 5.41) is 18.3. The van der Waals surface area contributed by atoms with Crippen LogP contribution in [0, 0.1) is 17.1 Å². The van der Waals surface area contributed by atoms with Gasteiger partial charge in [-0.1, -0.05) is 0 Å². The van der Waals surface area contributed by atoms with Crippen molar-refractivity contribution < 1.29 is 32.2 Å². The molecule has 0 radical (unpaired) electrons. The van der Waals surface area contributed by atoms with Gasteiger partial charge >= 0.3 is 6.18 Å². The van der Waals surface area contributed by atoms with Crippen LogP contribution in [0.15, 0.2) is 35.2 Å². The molecular formula is C22H19F4N3O3S2. The van der Waals surface area contributed by atoms with Crippen LogP contribution in [0.1, 0.15) is 25.0 Å². The number of amides is 1. The van der Waals surface area contributed by atoms with E-state index >= 15 is 4.39 Å². The summed E-state index contributed by atoms with van der Waals surface area (Å²) >= 11 is 5.94. The quantitative estimate of drug-likeness (QED) is 0.468. The molecule has 0 aromatic heterocycles. The summed E-state index contributed by atoms with van der Waals surface area (Å²) < 4.78 is 61.4. The van der Waals surface area contributed by atoms with Crippen molar-refractivity contribution in [2.75, 3.05) is 22.2 Å². The lowest BCUT2D eigenvalue weighted by atomic mass is 10.0. The molecule has 2 aromatic rings. The number of carbonyl (C=O) groups excluding carboxylic acids is 1. The number of aliphatic hydroxyl groups excluding tert-OH is 1. The summed E-state index contributed by atoms with van der Waals surface area (Å²) in [6.45, 7) is 3.00. The lowest BCUT2D eigenvalue weighted by molar-refractivity contribution is -0.140. The average Bonchev–Trinajstić information content (AvgIpc) is 2.95. The molecule has 12 heteroatoms. The van der Waals surface area contributed by atoms with E-state index in [-0.39, 0.29) is 12.7 Å². The third-order valence-electron chi connectivity index (χ3n) is 5.72. The van der Waals surface area contributed by atoms with Crippen molar-refractivity contribution in [3.63, 3.8) is 0 Å². The van der Waals surface area contributed by atoms with Gasteiger partial charge in [0, 0.05) is 11.4 Å². The Bertz CT molecular complexity index is 1200. The van der Waals surface area contributed by atoms with Crippen LogP contribution in [-0.2, 0) is 11.0 Å². The highest BCUT2D eigenvalue weighted by molar-refractivity contribution is 7.99. The van der Waals surface area contributed by atoms with Crippen LogP contribution in [0.4, 0.5) is 28.9 Å². The number of halogens is 4. The van der Waals surface area contributed by atoms with Crippen molar-refractivity contribution in [2.24, 2.45) is 0 Å². The smallest absolute Gasteiger partial charge is 0.420 e. The van der Waals surface area contributed by atoms with E-state index in [1.165, 1.54) is 17.8 Å². The second-order valence-electron chi connectivity index (χ2n) is 8.25. The topological polar surface area (TPSA) is 76.8 Å². The van der Waals surface area contributed by atoms with Gasteiger partial charge in [-0.3, -0.25) is 9.69 Å². The van der Waals surface area contributed by atoms with Gasteiger partial charge in [-0.05, 0) is 44.2 Å². The summed E-state index contributed by atoms with van der Waals surface area (Å²) in [5.41, 5.74) is -5.11. The molecule has 0 bridgehead atoms. The number of alkyl halides is 3. The molecule has 4 rings (SSSR count). The molecule has 1 amide bonds. The minimum absolute atomic E-state index is 0.133. The van der Waals surface area contributed by atoms with Gasteiger partial charge in [-0.25, -0.2) is 4.39 Å². The number of thioether (sulfide) groups is 1. The van der Waals surface area contributed by atoms with E-state index in [1.54, 1.807) is 36.9 Å². The number of hydrogen-bond acceptors (Lipinski definition) is 7. The minimum Gasteiger partial charge on any atom is -0.486 e. The lowest BCUT2D eigenvalue weighted by Crippen LogP contribution is -2.45. The number of carbonyl (C=O) groups is 1. The van der Waals surface area contributed by atoms with Gasteiger partial charge in [0.25, 0.3) is 5.91 Å². The van der Waals surface area contributed by atoms with Gasteiger partial charge in [0.2, 0.25) is 0 Å². The number of anilines is 2. The van der Waals surface area contributed by atoms with Crippen LogP contribution in [0.25, 0.3) is 0 Å². The lowest BCUT2D eigenvalue weighted by Gasteiger charge is -2.34. The van der Waals surface area contributed by atoms with Crippen LogP contribution < -0.4 is 14.5 Å². The Morgan fingerprint density at radius 1 is 1.32 bits per heavy atom. The molecule has 2 aliphatic heterocycles. The van der Waals surface area contributed by atoms with E-state index in [4.69, 9.17) is 10.00 Å². The Kier molecular flexibility index (Phi) is 6.16. The predicted molar refractivity (Wildman–Crippen MR) is 122 cm³/mol. The van der Waals surface area contributed by atoms with E-state index < -0.39 is 45.8 Å². The molecule has 1 unspecified atom stereocenters. The molecule has 2 aromatic carbocycles. The number of hydrogen-bond donors (Lipinski definition) is 2. The molecule has 0 saturated carbocycles. The third-order valence-corrected chi connectivity index (χ3v) is 7.35. The van der Waals surface area contributed by atoms with E-state index in [1.807, 2.05) is 0 Å². The second-order valence-corrected chi connectivity index (χ2v) is 9.77. The standard InChI is InChI=1S/C22H19F4N3O3S2/c1-21(2)19(31)28(14-5-3-11(8-27)17(18(14)23)22(24,25)26)20(33)29(21)12-4-6-15-16(7-12)34-10-13(9-30)32-15/h3-7,13,20,30,33H,9-10H2,1-2H3/t13-,20?/m0/s1. The highest BCUT2D eigenvalue weighted by atomic mass is 32.2. The molecular weight excluding hydrogens is 494 g/mol. The average molecular weight is 514 g/mol. The van der Waals surface area contributed by atoms with E-state index in [0.29, 0.717) is 17.2 Å². The number of nitrogens with zero attached hydrogens (tertiary/aromatic N) is 3. The van der Waals surface area contributed by atoms with Crippen molar-refractivity contribution in [1.29, 1.82) is 5.26 Å². The first-order chi connectivity index (χ1) is 15.9.